The quantitative estimate of drug-likeness (QED) is 0.625. The minimum Gasteiger partial charge on any atom is -0.478 e. The summed E-state index contributed by atoms with van der Waals surface area (Å²) < 4.78 is 26.9. The van der Waals surface area contributed by atoms with Crippen molar-refractivity contribution in [1.82, 2.24) is 10.0 Å². The minimum atomic E-state index is -3.67. The first-order valence-electron chi connectivity index (χ1n) is 6.97. The predicted octanol–water partition coefficient (Wildman–Crippen LogP) is 1.11. The molecule has 0 heterocycles. The van der Waals surface area contributed by atoms with Crippen molar-refractivity contribution in [2.75, 3.05) is 13.1 Å². The predicted molar refractivity (Wildman–Crippen MR) is 79.0 cm³/mol. The summed E-state index contributed by atoms with van der Waals surface area (Å²) in [6.45, 7) is 2.76. The number of carbonyl (C=O) groups is 1. The van der Waals surface area contributed by atoms with E-state index in [-0.39, 0.29) is 10.5 Å². The van der Waals surface area contributed by atoms with Crippen LogP contribution in [0.1, 0.15) is 35.2 Å². The van der Waals surface area contributed by atoms with E-state index in [1.165, 1.54) is 31.0 Å². The lowest BCUT2D eigenvalue weighted by atomic mass is 10.1. The van der Waals surface area contributed by atoms with Crippen LogP contribution >= 0.6 is 0 Å². The summed E-state index contributed by atoms with van der Waals surface area (Å²) in [5, 5.41) is 12.3. The van der Waals surface area contributed by atoms with Crippen LogP contribution in [0.15, 0.2) is 23.1 Å². The molecule has 1 aromatic rings. The van der Waals surface area contributed by atoms with E-state index in [2.05, 4.69) is 10.0 Å². The maximum absolute atomic E-state index is 12.2. The van der Waals surface area contributed by atoms with Crippen LogP contribution < -0.4 is 10.0 Å². The maximum atomic E-state index is 12.2. The van der Waals surface area contributed by atoms with E-state index >= 15 is 0 Å². The SMILES string of the molecule is Cc1ccc(C(=O)O)cc1S(=O)(=O)NCCCNC1CC1. The van der Waals surface area contributed by atoms with Gasteiger partial charge in [0.15, 0.2) is 0 Å². The van der Waals surface area contributed by atoms with Gasteiger partial charge >= 0.3 is 5.97 Å². The zero-order chi connectivity index (χ0) is 15.5. The van der Waals surface area contributed by atoms with Crippen molar-refractivity contribution < 1.29 is 18.3 Å². The zero-order valence-corrected chi connectivity index (χ0v) is 12.7. The number of hydrogen-bond acceptors (Lipinski definition) is 4. The molecule has 7 heteroatoms. The van der Waals surface area contributed by atoms with Crippen LogP contribution in [0.5, 0.6) is 0 Å². The van der Waals surface area contributed by atoms with Crippen LogP contribution in [0, 0.1) is 6.92 Å². The smallest absolute Gasteiger partial charge is 0.335 e. The van der Waals surface area contributed by atoms with Crippen molar-refractivity contribution in [3.63, 3.8) is 0 Å². The fourth-order valence-electron chi connectivity index (χ4n) is 1.99. The summed E-state index contributed by atoms with van der Waals surface area (Å²) in [6, 6.07) is 4.71. The lowest BCUT2D eigenvalue weighted by molar-refractivity contribution is 0.0696. The molecule has 0 unspecified atom stereocenters. The van der Waals surface area contributed by atoms with Gasteiger partial charge in [0.05, 0.1) is 10.5 Å². The first-order valence-corrected chi connectivity index (χ1v) is 8.45. The molecule has 1 aliphatic rings. The third-order valence-electron chi connectivity index (χ3n) is 3.38. The Morgan fingerprint density at radius 2 is 2.05 bits per heavy atom. The lowest BCUT2D eigenvalue weighted by Crippen LogP contribution is -2.28. The van der Waals surface area contributed by atoms with Gasteiger partial charge in [0.25, 0.3) is 0 Å². The van der Waals surface area contributed by atoms with Gasteiger partial charge in [0.1, 0.15) is 0 Å². The van der Waals surface area contributed by atoms with Gasteiger partial charge in [0.2, 0.25) is 10.0 Å². The average molecular weight is 312 g/mol. The van der Waals surface area contributed by atoms with Crippen molar-refractivity contribution in [2.45, 2.75) is 37.1 Å². The van der Waals surface area contributed by atoms with Gasteiger partial charge in [-0.3, -0.25) is 0 Å². The second-order valence-corrected chi connectivity index (χ2v) is 7.00. The fourth-order valence-corrected chi connectivity index (χ4v) is 3.33. The van der Waals surface area contributed by atoms with Crippen LogP contribution in [-0.2, 0) is 10.0 Å². The molecule has 1 fully saturated rings. The largest absolute Gasteiger partial charge is 0.478 e. The van der Waals surface area contributed by atoms with E-state index in [4.69, 9.17) is 5.11 Å². The third-order valence-corrected chi connectivity index (χ3v) is 4.98. The zero-order valence-electron chi connectivity index (χ0n) is 11.9. The van der Waals surface area contributed by atoms with Gasteiger partial charge in [-0.15, -0.1) is 0 Å². The van der Waals surface area contributed by atoms with E-state index in [1.54, 1.807) is 6.92 Å². The first kappa shape index (κ1) is 15.9. The van der Waals surface area contributed by atoms with Crippen molar-refractivity contribution in [1.29, 1.82) is 0 Å². The summed E-state index contributed by atoms with van der Waals surface area (Å²) in [5.74, 6) is -1.14. The second kappa shape index (κ2) is 6.55. The van der Waals surface area contributed by atoms with Crippen LogP contribution in [0.25, 0.3) is 0 Å². The number of hydrogen-bond donors (Lipinski definition) is 3. The van der Waals surface area contributed by atoms with Gasteiger partial charge in [-0.2, -0.15) is 0 Å². The standard InChI is InChI=1S/C14H20N2O4S/c1-10-3-4-11(14(17)18)9-13(10)21(19,20)16-8-2-7-15-12-5-6-12/h3-4,9,12,15-16H,2,5-8H2,1H3,(H,17,18). The van der Waals surface area contributed by atoms with E-state index in [0.29, 0.717) is 24.6 Å². The molecule has 3 N–H and O–H groups in total. The normalized spacial score (nSPS) is 15.1. The molecule has 0 bridgehead atoms. The van der Waals surface area contributed by atoms with Crippen molar-refractivity contribution in [3.05, 3.63) is 29.3 Å². The number of sulfonamides is 1. The highest BCUT2D eigenvalue weighted by atomic mass is 32.2. The summed E-state index contributed by atoms with van der Waals surface area (Å²) in [4.78, 5) is 11.0. The number of rotatable bonds is 8. The third kappa shape index (κ3) is 4.52. The van der Waals surface area contributed by atoms with Gasteiger partial charge in [0, 0.05) is 12.6 Å². The molecule has 0 aromatic heterocycles. The number of aryl methyl sites for hydroxylation is 1. The van der Waals surface area contributed by atoms with Gasteiger partial charge in [-0.25, -0.2) is 17.9 Å². The first-order chi connectivity index (χ1) is 9.90. The van der Waals surface area contributed by atoms with Gasteiger partial charge < -0.3 is 10.4 Å². The molecule has 21 heavy (non-hydrogen) atoms. The summed E-state index contributed by atoms with van der Waals surface area (Å²) >= 11 is 0. The molecular formula is C14H20N2O4S. The van der Waals surface area contributed by atoms with Crippen LogP contribution in [0.4, 0.5) is 0 Å². The van der Waals surface area contributed by atoms with Crippen LogP contribution in [0.3, 0.4) is 0 Å². The van der Waals surface area contributed by atoms with Gasteiger partial charge in [-0.1, -0.05) is 6.07 Å². The Bertz CT molecular complexity index is 624. The highest BCUT2D eigenvalue weighted by molar-refractivity contribution is 7.89. The average Bonchev–Trinajstić information content (AvgIpc) is 3.22. The Kier molecular flexibility index (Phi) is 4.97. The second-order valence-electron chi connectivity index (χ2n) is 5.27. The molecule has 0 amide bonds. The van der Waals surface area contributed by atoms with Crippen LogP contribution in [0.2, 0.25) is 0 Å². The van der Waals surface area contributed by atoms with Crippen molar-refractivity contribution in [3.8, 4) is 0 Å². The number of benzene rings is 1. The Morgan fingerprint density at radius 1 is 1.33 bits per heavy atom. The highest BCUT2D eigenvalue weighted by Crippen LogP contribution is 2.18. The summed E-state index contributed by atoms with van der Waals surface area (Å²) in [5.41, 5.74) is 0.500. The Morgan fingerprint density at radius 3 is 2.67 bits per heavy atom. The molecule has 0 saturated heterocycles. The molecule has 0 spiro atoms. The van der Waals surface area contributed by atoms with E-state index in [1.807, 2.05) is 0 Å². The molecule has 1 saturated carbocycles. The Hall–Kier alpha value is -1.44. The maximum Gasteiger partial charge on any atom is 0.335 e. The molecule has 1 aliphatic carbocycles. The minimum absolute atomic E-state index is 0.0255. The molecule has 2 rings (SSSR count). The molecule has 0 radical (unpaired) electrons. The topological polar surface area (TPSA) is 95.5 Å². The van der Waals surface area contributed by atoms with Crippen molar-refractivity contribution in [2.24, 2.45) is 0 Å². The Balaban J connectivity index is 1.97. The molecular weight excluding hydrogens is 292 g/mol. The fraction of sp³-hybridized carbons (Fsp3) is 0.500. The molecule has 116 valence electrons. The van der Waals surface area contributed by atoms with Gasteiger partial charge in [-0.05, 0) is 50.4 Å². The molecule has 6 nitrogen and oxygen atoms in total. The van der Waals surface area contributed by atoms with E-state index in [9.17, 15) is 13.2 Å². The number of carboxylic acid groups (broad SMARTS) is 1. The van der Waals surface area contributed by atoms with Crippen LogP contribution in [-0.4, -0.2) is 38.6 Å². The lowest BCUT2D eigenvalue weighted by Gasteiger charge is -2.10. The van der Waals surface area contributed by atoms with E-state index < -0.39 is 16.0 Å². The Labute approximate surface area is 124 Å². The monoisotopic (exact) mass is 312 g/mol. The summed E-state index contributed by atoms with van der Waals surface area (Å²) in [6.07, 6.45) is 3.10. The molecule has 0 aliphatic heterocycles. The highest BCUT2D eigenvalue weighted by Gasteiger charge is 2.20. The van der Waals surface area contributed by atoms with Crippen molar-refractivity contribution >= 4 is 16.0 Å². The number of aromatic carboxylic acids is 1. The number of carboxylic acids is 1. The summed E-state index contributed by atoms with van der Waals surface area (Å²) in [7, 11) is -3.67. The van der Waals surface area contributed by atoms with E-state index in [0.717, 1.165) is 6.54 Å². The molecule has 1 aromatic carbocycles. The molecule has 0 atom stereocenters. The number of nitrogens with one attached hydrogen (secondary N) is 2.